The Morgan fingerprint density at radius 3 is 1.80 bits per heavy atom. The summed E-state index contributed by atoms with van der Waals surface area (Å²) in [5.74, 6) is -1.67. The molecular formula is C18H22O7. The summed E-state index contributed by atoms with van der Waals surface area (Å²) in [4.78, 5) is 34.6. The number of carbonyl (C=O) groups excluding carboxylic acids is 3. The number of benzene rings is 1. The normalized spacial score (nSPS) is 28.7. The third-order valence-electron chi connectivity index (χ3n) is 3.80. The van der Waals surface area contributed by atoms with Crippen molar-refractivity contribution >= 4 is 17.9 Å². The Labute approximate surface area is 146 Å². The van der Waals surface area contributed by atoms with Crippen LogP contribution in [-0.2, 0) is 33.3 Å². The molecule has 7 nitrogen and oxygen atoms in total. The van der Waals surface area contributed by atoms with Crippen LogP contribution in [-0.4, -0.2) is 42.3 Å². The molecule has 0 spiro atoms. The molecule has 136 valence electrons. The molecule has 1 aromatic carbocycles. The number of carbonyl (C=O) groups is 3. The highest BCUT2D eigenvalue weighted by Crippen LogP contribution is 2.37. The summed E-state index contributed by atoms with van der Waals surface area (Å²) in [5.41, 5.74) is 0.763. The Hall–Kier alpha value is -2.41. The molecule has 1 aliphatic rings. The van der Waals surface area contributed by atoms with Gasteiger partial charge in [0, 0.05) is 20.8 Å². The number of rotatable bonds is 4. The third kappa shape index (κ3) is 4.79. The molecule has 7 heteroatoms. The zero-order valence-electron chi connectivity index (χ0n) is 14.6. The predicted octanol–water partition coefficient (Wildman–Crippen LogP) is 1.94. The maximum Gasteiger partial charge on any atom is 0.303 e. The van der Waals surface area contributed by atoms with Gasteiger partial charge in [-0.1, -0.05) is 30.3 Å². The van der Waals surface area contributed by atoms with Crippen LogP contribution in [0.3, 0.4) is 0 Å². The van der Waals surface area contributed by atoms with Crippen LogP contribution >= 0.6 is 0 Å². The second-order valence-corrected chi connectivity index (χ2v) is 5.89. The van der Waals surface area contributed by atoms with Crippen LogP contribution in [0.2, 0.25) is 0 Å². The van der Waals surface area contributed by atoms with E-state index in [4.69, 9.17) is 18.9 Å². The minimum absolute atomic E-state index is 0.544. The molecule has 0 bridgehead atoms. The fourth-order valence-electron chi connectivity index (χ4n) is 2.92. The van der Waals surface area contributed by atoms with Gasteiger partial charge in [0.05, 0.1) is 6.10 Å². The fraction of sp³-hybridized carbons (Fsp3) is 0.500. The van der Waals surface area contributed by atoms with E-state index < -0.39 is 48.4 Å². The molecule has 25 heavy (non-hydrogen) atoms. The summed E-state index contributed by atoms with van der Waals surface area (Å²) in [5, 5.41) is 0. The predicted molar refractivity (Wildman–Crippen MR) is 86.4 cm³/mol. The average Bonchev–Trinajstić information content (AvgIpc) is 2.53. The molecule has 1 aliphatic heterocycles. The Kier molecular flexibility index (Phi) is 6.14. The summed E-state index contributed by atoms with van der Waals surface area (Å²) >= 11 is 0. The Bertz CT molecular complexity index is 628. The molecule has 0 radical (unpaired) electrons. The zero-order chi connectivity index (χ0) is 18.6. The van der Waals surface area contributed by atoms with E-state index in [0.29, 0.717) is 0 Å². The van der Waals surface area contributed by atoms with Gasteiger partial charge in [-0.05, 0) is 12.5 Å². The molecule has 1 saturated heterocycles. The monoisotopic (exact) mass is 350 g/mol. The van der Waals surface area contributed by atoms with E-state index in [2.05, 4.69) is 0 Å². The van der Waals surface area contributed by atoms with E-state index in [1.54, 1.807) is 6.92 Å². The van der Waals surface area contributed by atoms with E-state index in [1.165, 1.54) is 20.8 Å². The molecule has 0 aromatic heterocycles. The van der Waals surface area contributed by atoms with E-state index >= 15 is 0 Å². The smallest absolute Gasteiger partial charge is 0.303 e. The van der Waals surface area contributed by atoms with Crippen molar-refractivity contribution in [3.8, 4) is 0 Å². The lowest BCUT2D eigenvalue weighted by Crippen LogP contribution is -2.57. The first-order chi connectivity index (χ1) is 11.8. The minimum atomic E-state index is -0.973. The molecule has 1 aromatic rings. The molecule has 5 atom stereocenters. The highest BCUT2D eigenvalue weighted by Gasteiger charge is 2.50. The van der Waals surface area contributed by atoms with E-state index in [1.807, 2.05) is 30.3 Å². The Morgan fingerprint density at radius 2 is 1.28 bits per heavy atom. The molecule has 0 unspecified atom stereocenters. The van der Waals surface area contributed by atoms with Gasteiger partial charge in [0.1, 0.15) is 6.10 Å². The average molecular weight is 350 g/mol. The zero-order valence-corrected chi connectivity index (χ0v) is 14.6. The fourth-order valence-corrected chi connectivity index (χ4v) is 2.92. The van der Waals surface area contributed by atoms with Gasteiger partial charge in [-0.15, -0.1) is 0 Å². The summed E-state index contributed by atoms with van der Waals surface area (Å²) < 4.78 is 22.0. The van der Waals surface area contributed by atoms with Crippen molar-refractivity contribution in [3.05, 3.63) is 35.9 Å². The molecule has 1 heterocycles. The van der Waals surface area contributed by atoms with Crippen LogP contribution < -0.4 is 0 Å². The second-order valence-electron chi connectivity index (χ2n) is 5.89. The van der Waals surface area contributed by atoms with E-state index in [-0.39, 0.29) is 0 Å². The lowest BCUT2D eigenvalue weighted by Gasteiger charge is -2.44. The first-order valence-electron chi connectivity index (χ1n) is 8.01. The van der Waals surface area contributed by atoms with Gasteiger partial charge in [-0.3, -0.25) is 14.4 Å². The maximum atomic E-state index is 11.6. The van der Waals surface area contributed by atoms with Gasteiger partial charge in [0.25, 0.3) is 0 Å². The Morgan fingerprint density at radius 1 is 0.800 bits per heavy atom. The molecule has 0 amide bonds. The van der Waals surface area contributed by atoms with Gasteiger partial charge in [-0.25, -0.2) is 0 Å². The van der Waals surface area contributed by atoms with Crippen molar-refractivity contribution in [2.75, 3.05) is 0 Å². The summed E-state index contributed by atoms with van der Waals surface area (Å²) in [6, 6.07) is 9.15. The van der Waals surface area contributed by atoms with Crippen molar-refractivity contribution in [1.82, 2.24) is 0 Å². The molecule has 0 aliphatic carbocycles. The standard InChI is InChI=1S/C18H22O7/c1-10-15(23-11(2)19)17(24-12(3)20)18(25-13(4)21)16(22-10)14-8-6-5-7-9-14/h5-10,15-18H,1-4H3/t10-,15+,16+,17-,18-/m0/s1. The van der Waals surface area contributed by atoms with Gasteiger partial charge < -0.3 is 18.9 Å². The topological polar surface area (TPSA) is 88.1 Å². The van der Waals surface area contributed by atoms with Crippen molar-refractivity contribution in [2.24, 2.45) is 0 Å². The van der Waals surface area contributed by atoms with Crippen LogP contribution in [0.25, 0.3) is 0 Å². The van der Waals surface area contributed by atoms with Crippen LogP contribution in [0.1, 0.15) is 39.4 Å². The molecule has 0 saturated carbocycles. The second kappa shape index (κ2) is 8.11. The summed E-state index contributed by atoms with van der Waals surface area (Å²) in [6.45, 7) is 5.46. The number of hydrogen-bond donors (Lipinski definition) is 0. The summed E-state index contributed by atoms with van der Waals surface area (Å²) in [6.07, 6.45) is -4.02. The minimum Gasteiger partial charge on any atom is -0.456 e. The van der Waals surface area contributed by atoms with Crippen molar-refractivity contribution in [3.63, 3.8) is 0 Å². The van der Waals surface area contributed by atoms with Crippen molar-refractivity contribution in [2.45, 2.75) is 58.2 Å². The molecule has 0 N–H and O–H groups in total. The quantitative estimate of drug-likeness (QED) is 0.606. The summed E-state index contributed by atoms with van der Waals surface area (Å²) in [7, 11) is 0. The molecule has 2 rings (SSSR count). The molecule has 1 fully saturated rings. The van der Waals surface area contributed by atoms with E-state index in [0.717, 1.165) is 5.56 Å². The lowest BCUT2D eigenvalue weighted by molar-refractivity contribution is -0.245. The lowest BCUT2D eigenvalue weighted by atomic mass is 9.91. The maximum absolute atomic E-state index is 11.6. The highest BCUT2D eigenvalue weighted by atomic mass is 16.6. The Balaban J connectivity index is 2.42. The largest absolute Gasteiger partial charge is 0.456 e. The van der Waals surface area contributed by atoms with Crippen LogP contribution in [0.5, 0.6) is 0 Å². The number of hydrogen-bond acceptors (Lipinski definition) is 7. The SMILES string of the molecule is CC(=O)O[C@@H]1[C@@H](OC(C)=O)[C@@H](c2ccccc2)O[C@@H](C)[C@H]1OC(C)=O. The van der Waals surface area contributed by atoms with Gasteiger partial charge >= 0.3 is 17.9 Å². The first-order valence-corrected chi connectivity index (χ1v) is 8.01. The van der Waals surface area contributed by atoms with Crippen molar-refractivity contribution < 1.29 is 33.3 Å². The van der Waals surface area contributed by atoms with E-state index in [9.17, 15) is 14.4 Å². The molecular weight excluding hydrogens is 328 g/mol. The van der Waals surface area contributed by atoms with Crippen LogP contribution in [0.15, 0.2) is 30.3 Å². The highest BCUT2D eigenvalue weighted by molar-refractivity contribution is 5.68. The first kappa shape index (κ1) is 18.9. The third-order valence-corrected chi connectivity index (χ3v) is 3.80. The van der Waals surface area contributed by atoms with Crippen LogP contribution in [0, 0.1) is 0 Å². The van der Waals surface area contributed by atoms with Gasteiger partial charge in [0.15, 0.2) is 18.3 Å². The van der Waals surface area contributed by atoms with Gasteiger partial charge in [0.2, 0.25) is 0 Å². The number of ether oxygens (including phenoxy) is 4. The van der Waals surface area contributed by atoms with Gasteiger partial charge in [-0.2, -0.15) is 0 Å². The van der Waals surface area contributed by atoms with Crippen molar-refractivity contribution in [1.29, 1.82) is 0 Å². The van der Waals surface area contributed by atoms with Crippen LogP contribution in [0.4, 0.5) is 0 Å². The number of esters is 3.